The number of ether oxygens (including phenoxy) is 1. The number of alkyl halides is 3. The second-order valence-corrected chi connectivity index (χ2v) is 6.14. The van der Waals surface area contributed by atoms with Gasteiger partial charge in [-0.05, 0) is 27.8 Å². The molecule has 0 aromatic carbocycles. The highest BCUT2D eigenvalue weighted by molar-refractivity contribution is 6.19. The van der Waals surface area contributed by atoms with Crippen LogP contribution in [0.25, 0.3) is 0 Å². The van der Waals surface area contributed by atoms with E-state index in [0.717, 1.165) is 17.7 Å². The van der Waals surface area contributed by atoms with Crippen molar-refractivity contribution in [2.75, 3.05) is 4.90 Å². The Labute approximate surface area is 171 Å². The summed E-state index contributed by atoms with van der Waals surface area (Å²) in [6.07, 6.45) is -4.75. The number of hydrogen-bond acceptors (Lipinski definition) is 10. The van der Waals surface area contributed by atoms with Crippen LogP contribution in [0.4, 0.5) is 19.1 Å². The van der Waals surface area contributed by atoms with Crippen molar-refractivity contribution in [3.63, 3.8) is 0 Å². The van der Waals surface area contributed by atoms with Gasteiger partial charge in [0.05, 0.1) is 24.9 Å². The van der Waals surface area contributed by atoms with Crippen LogP contribution < -0.4 is 4.90 Å². The summed E-state index contributed by atoms with van der Waals surface area (Å²) in [7, 11) is 2.92. The second-order valence-electron chi connectivity index (χ2n) is 6.14. The summed E-state index contributed by atoms with van der Waals surface area (Å²) in [6.45, 7) is 0.398. The van der Waals surface area contributed by atoms with E-state index in [2.05, 4.69) is 35.9 Å². The minimum absolute atomic E-state index is 0.179. The van der Waals surface area contributed by atoms with Crippen molar-refractivity contribution >= 4 is 17.8 Å². The van der Waals surface area contributed by atoms with Crippen molar-refractivity contribution in [1.29, 1.82) is 0 Å². The minimum Gasteiger partial charge on any atom is -0.367 e. The fourth-order valence-corrected chi connectivity index (χ4v) is 2.49. The lowest BCUT2D eigenvalue weighted by molar-refractivity contribution is -0.141. The lowest BCUT2D eigenvalue weighted by Gasteiger charge is -2.19. The molecule has 0 aliphatic rings. The monoisotopic (exact) mass is 440 g/mol. The largest absolute Gasteiger partial charge is 0.433 e. The molecular formula is C15H15F3N10O3. The molecule has 2 amide bonds. The van der Waals surface area contributed by atoms with Crippen molar-refractivity contribution in [2.24, 2.45) is 14.1 Å². The van der Waals surface area contributed by atoms with E-state index in [0.29, 0.717) is 11.0 Å². The van der Waals surface area contributed by atoms with Crippen LogP contribution in [0, 0.1) is 0 Å². The first kappa shape index (κ1) is 21.9. The number of carbonyl (C=O) groups excluding carboxylic acids is 2. The Bertz CT molecular complexity index is 1110. The van der Waals surface area contributed by atoms with Crippen LogP contribution in [-0.4, -0.2) is 57.2 Å². The number of nitrogens with zero attached hydrogens (tertiary/aromatic N) is 10. The fraction of sp³-hybridized carbons (Fsp3) is 0.400. The van der Waals surface area contributed by atoms with Crippen LogP contribution in [0.3, 0.4) is 0 Å². The molecule has 0 bridgehead atoms. The summed E-state index contributed by atoms with van der Waals surface area (Å²) in [5, 5.41) is 21.7. The number of aryl methyl sites for hydroxylation is 2. The number of pyridine rings is 1. The van der Waals surface area contributed by atoms with Gasteiger partial charge in [-0.25, -0.2) is 14.6 Å². The molecule has 16 heteroatoms. The topological polar surface area (TPSA) is 147 Å². The van der Waals surface area contributed by atoms with Gasteiger partial charge in [-0.2, -0.15) is 18.0 Å². The van der Waals surface area contributed by atoms with Crippen LogP contribution in [0.1, 0.15) is 34.5 Å². The summed E-state index contributed by atoms with van der Waals surface area (Å²) in [5.41, 5.74) is -1.86. The Morgan fingerprint density at radius 2 is 1.87 bits per heavy atom. The predicted octanol–water partition coefficient (Wildman–Crippen LogP) is 0.0575. The zero-order valence-corrected chi connectivity index (χ0v) is 16.4. The van der Waals surface area contributed by atoms with Gasteiger partial charge in [-0.1, -0.05) is 5.10 Å². The maximum atomic E-state index is 13.1. The smallest absolute Gasteiger partial charge is 0.367 e. The van der Waals surface area contributed by atoms with E-state index in [-0.39, 0.29) is 29.6 Å². The molecule has 0 saturated heterocycles. The van der Waals surface area contributed by atoms with E-state index < -0.39 is 30.3 Å². The third-order valence-corrected chi connectivity index (χ3v) is 3.83. The summed E-state index contributed by atoms with van der Waals surface area (Å²) in [4.78, 5) is 30.4. The summed E-state index contributed by atoms with van der Waals surface area (Å²) >= 11 is 0. The first-order valence-electron chi connectivity index (χ1n) is 8.53. The summed E-state index contributed by atoms with van der Waals surface area (Å²) in [6, 6.07) is 1.55. The number of amides is 2. The minimum atomic E-state index is -4.75. The molecule has 13 nitrogen and oxygen atoms in total. The maximum Gasteiger partial charge on any atom is 0.433 e. The Hall–Kier alpha value is -3.82. The normalized spacial score (nSPS) is 11.5. The predicted molar refractivity (Wildman–Crippen MR) is 92.8 cm³/mol. The molecule has 3 aromatic heterocycles. The highest BCUT2D eigenvalue weighted by Gasteiger charge is 2.35. The van der Waals surface area contributed by atoms with Gasteiger partial charge in [0.2, 0.25) is 5.91 Å². The van der Waals surface area contributed by atoms with Crippen molar-refractivity contribution in [1.82, 2.24) is 45.4 Å². The van der Waals surface area contributed by atoms with Crippen molar-refractivity contribution < 1.29 is 27.5 Å². The van der Waals surface area contributed by atoms with Crippen molar-refractivity contribution in [3.8, 4) is 0 Å². The summed E-state index contributed by atoms with van der Waals surface area (Å²) in [5.74, 6) is -1.76. The molecule has 164 valence electrons. The number of carbonyl (C=O) groups is 2. The first-order valence-corrected chi connectivity index (χ1v) is 8.53. The number of halogens is 3. The molecule has 3 aromatic rings. The van der Waals surface area contributed by atoms with Gasteiger partial charge in [0, 0.05) is 14.0 Å². The molecule has 3 rings (SSSR count). The van der Waals surface area contributed by atoms with Gasteiger partial charge < -0.3 is 4.74 Å². The van der Waals surface area contributed by atoms with Crippen LogP contribution in [-0.2, 0) is 43.0 Å². The Kier molecular flexibility index (Phi) is 6.00. The zero-order chi connectivity index (χ0) is 22.8. The molecule has 0 atom stereocenters. The number of aromatic nitrogens is 9. The first-order chi connectivity index (χ1) is 14.6. The molecule has 0 aliphatic carbocycles. The molecule has 0 radical (unpaired) electrons. The molecule has 0 aliphatic heterocycles. The lowest BCUT2D eigenvalue weighted by atomic mass is 10.1. The quantitative estimate of drug-likeness (QED) is 0.515. The lowest BCUT2D eigenvalue weighted by Crippen LogP contribution is -2.38. The molecule has 3 heterocycles. The standard InChI is InChI=1S/C15H15F3N10O3/c1-8(29)28(14-21-23-25-26(14)2)13(30)9-4-5-11(15(16,17)18)19-10(9)6-31-7-12-20-24-27(3)22-12/h4-5H,6-7H2,1-3H3. The Morgan fingerprint density at radius 3 is 2.42 bits per heavy atom. The van der Waals surface area contributed by atoms with Gasteiger partial charge in [-0.3, -0.25) is 9.59 Å². The number of imide groups is 1. The third kappa shape index (κ3) is 4.85. The molecule has 0 N–H and O–H groups in total. The van der Waals surface area contributed by atoms with Crippen LogP contribution in [0.15, 0.2) is 12.1 Å². The number of hydrogen-bond donors (Lipinski definition) is 0. The average Bonchev–Trinajstić information content (AvgIpc) is 3.29. The van der Waals surface area contributed by atoms with Gasteiger partial charge in [0.25, 0.3) is 11.9 Å². The fourth-order valence-electron chi connectivity index (χ4n) is 2.49. The molecular weight excluding hydrogens is 425 g/mol. The van der Waals surface area contributed by atoms with E-state index in [1.807, 2.05) is 0 Å². The molecule has 0 unspecified atom stereocenters. The van der Waals surface area contributed by atoms with E-state index in [4.69, 9.17) is 4.74 Å². The number of anilines is 1. The summed E-state index contributed by atoms with van der Waals surface area (Å²) < 4.78 is 45.8. The highest BCUT2D eigenvalue weighted by atomic mass is 19.4. The second kappa shape index (κ2) is 8.50. The molecule has 31 heavy (non-hydrogen) atoms. The molecule has 0 spiro atoms. The van der Waals surface area contributed by atoms with Gasteiger partial charge in [0.1, 0.15) is 12.3 Å². The van der Waals surface area contributed by atoms with Crippen molar-refractivity contribution in [3.05, 3.63) is 34.9 Å². The van der Waals surface area contributed by atoms with E-state index in [1.165, 1.54) is 18.9 Å². The van der Waals surface area contributed by atoms with Gasteiger partial charge in [-0.15, -0.1) is 10.2 Å². The zero-order valence-electron chi connectivity index (χ0n) is 16.4. The van der Waals surface area contributed by atoms with Crippen molar-refractivity contribution in [2.45, 2.75) is 26.3 Å². The van der Waals surface area contributed by atoms with Crippen LogP contribution >= 0.6 is 0 Å². The maximum absolute atomic E-state index is 13.1. The Morgan fingerprint density at radius 1 is 1.13 bits per heavy atom. The number of tetrazole rings is 2. The van der Waals surface area contributed by atoms with Gasteiger partial charge in [0.15, 0.2) is 5.82 Å². The van der Waals surface area contributed by atoms with Crippen LogP contribution in [0.2, 0.25) is 0 Å². The van der Waals surface area contributed by atoms with E-state index in [9.17, 15) is 22.8 Å². The number of rotatable bonds is 6. The van der Waals surface area contributed by atoms with Gasteiger partial charge >= 0.3 is 6.18 Å². The molecule has 0 saturated carbocycles. The Balaban J connectivity index is 1.94. The van der Waals surface area contributed by atoms with E-state index in [1.54, 1.807) is 0 Å². The van der Waals surface area contributed by atoms with Crippen LogP contribution in [0.5, 0.6) is 0 Å². The highest BCUT2D eigenvalue weighted by Crippen LogP contribution is 2.29. The SMILES string of the molecule is CC(=O)N(C(=O)c1ccc(C(F)(F)F)nc1COCc1nnn(C)n1)c1nnnn1C. The van der Waals surface area contributed by atoms with E-state index >= 15 is 0 Å². The average molecular weight is 440 g/mol. The molecule has 0 fully saturated rings. The third-order valence-electron chi connectivity index (χ3n) is 3.83.